The van der Waals surface area contributed by atoms with Gasteiger partial charge in [0, 0.05) is 32.4 Å². The largest absolute Gasteiger partial charge is 0.383 e. The van der Waals surface area contributed by atoms with Crippen LogP contribution >= 0.6 is 24.0 Å². The lowest BCUT2D eigenvalue weighted by Gasteiger charge is -2.13. The highest BCUT2D eigenvalue weighted by atomic mass is 127. The van der Waals surface area contributed by atoms with Crippen molar-refractivity contribution in [1.82, 2.24) is 10.6 Å². The van der Waals surface area contributed by atoms with Gasteiger partial charge in [-0.2, -0.15) is 0 Å². The number of methoxy groups -OCH3 is 1. The topological polar surface area (TPSA) is 57.7 Å². The zero-order valence-corrected chi connectivity index (χ0v) is 19.7. The third-order valence-electron chi connectivity index (χ3n) is 4.30. The van der Waals surface area contributed by atoms with E-state index < -0.39 is 0 Å². The third-order valence-corrected chi connectivity index (χ3v) is 4.30. The lowest BCUT2D eigenvalue weighted by molar-refractivity contribution is 0.211. The standard InChI is InChI=1S/C22H32N4O.HI/c1-5-23-22(26-16-20-9-6-17(2)14-18(20)3)25-15-19-7-10-21(11-8-19)24-12-13-27-4;/h6-11,14,24H,5,12-13,15-16H2,1-4H3,(H2,23,25,26);1H. The predicted octanol–water partition coefficient (Wildman–Crippen LogP) is 4.24. The second-order valence-corrected chi connectivity index (χ2v) is 6.60. The normalized spacial score (nSPS) is 10.9. The minimum absolute atomic E-state index is 0. The number of aliphatic imine (C=N–C) groups is 1. The van der Waals surface area contributed by atoms with Crippen LogP contribution in [-0.4, -0.2) is 32.8 Å². The van der Waals surface area contributed by atoms with Crippen LogP contribution in [0.1, 0.15) is 29.2 Å². The first-order valence-corrected chi connectivity index (χ1v) is 9.52. The molecule has 0 saturated carbocycles. The fourth-order valence-electron chi connectivity index (χ4n) is 2.76. The Morgan fingerprint density at radius 3 is 2.43 bits per heavy atom. The van der Waals surface area contributed by atoms with Crippen molar-refractivity contribution in [3.63, 3.8) is 0 Å². The second-order valence-electron chi connectivity index (χ2n) is 6.60. The van der Waals surface area contributed by atoms with Gasteiger partial charge in [0.15, 0.2) is 5.96 Å². The summed E-state index contributed by atoms with van der Waals surface area (Å²) in [7, 11) is 1.71. The molecule has 0 radical (unpaired) electrons. The lowest BCUT2D eigenvalue weighted by atomic mass is 10.1. The van der Waals surface area contributed by atoms with E-state index in [1.165, 1.54) is 22.3 Å². The van der Waals surface area contributed by atoms with Gasteiger partial charge in [-0.1, -0.05) is 35.9 Å². The molecule has 28 heavy (non-hydrogen) atoms. The van der Waals surface area contributed by atoms with E-state index in [0.29, 0.717) is 13.2 Å². The highest BCUT2D eigenvalue weighted by Crippen LogP contribution is 2.11. The monoisotopic (exact) mass is 496 g/mol. The van der Waals surface area contributed by atoms with E-state index in [-0.39, 0.29) is 24.0 Å². The van der Waals surface area contributed by atoms with E-state index in [2.05, 4.69) is 79.2 Å². The number of rotatable bonds is 9. The van der Waals surface area contributed by atoms with E-state index in [4.69, 9.17) is 9.73 Å². The molecule has 0 saturated heterocycles. The van der Waals surface area contributed by atoms with Gasteiger partial charge in [0.05, 0.1) is 13.2 Å². The highest BCUT2D eigenvalue weighted by Gasteiger charge is 2.02. The average molecular weight is 496 g/mol. The number of nitrogens with one attached hydrogen (secondary N) is 3. The van der Waals surface area contributed by atoms with Gasteiger partial charge in [-0.05, 0) is 49.6 Å². The Labute approximate surface area is 186 Å². The van der Waals surface area contributed by atoms with E-state index in [1.54, 1.807) is 7.11 Å². The summed E-state index contributed by atoms with van der Waals surface area (Å²) in [5.74, 6) is 0.833. The number of guanidine groups is 1. The summed E-state index contributed by atoms with van der Waals surface area (Å²) >= 11 is 0. The lowest BCUT2D eigenvalue weighted by Crippen LogP contribution is -2.36. The maximum atomic E-state index is 5.05. The van der Waals surface area contributed by atoms with Gasteiger partial charge in [-0.3, -0.25) is 0 Å². The molecule has 6 heteroatoms. The number of hydrogen-bond acceptors (Lipinski definition) is 3. The van der Waals surface area contributed by atoms with Crippen molar-refractivity contribution in [3.05, 3.63) is 64.7 Å². The maximum Gasteiger partial charge on any atom is 0.191 e. The van der Waals surface area contributed by atoms with Crippen molar-refractivity contribution in [2.24, 2.45) is 4.99 Å². The summed E-state index contributed by atoms with van der Waals surface area (Å²) in [4.78, 5) is 4.71. The Morgan fingerprint density at radius 1 is 1.04 bits per heavy atom. The van der Waals surface area contributed by atoms with Crippen LogP contribution in [-0.2, 0) is 17.8 Å². The Morgan fingerprint density at radius 2 is 1.79 bits per heavy atom. The molecule has 3 N–H and O–H groups in total. The van der Waals surface area contributed by atoms with Gasteiger partial charge in [0.25, 0.3) is 0 Å². The molecule has 0 heterocycles. The zero-order chi connectivity index (χ0) is 19.5. The molecule has 154 valence electrons. The van der Waals surface area contributed by atoms with Crippen LogP contribution in [0.25, 0.3) is 0 Å². The van der Waals surface area contributed by atoms with Crippen molar-refractivity contribution in [2.75, 3.05) is 32.1 Å². The SMILES string of the molecule is CCNC(=NCc1ccc(NCCOC)cc1)NCc1ccc(C)cc1C.I. The summed E-state index contributed by atoms with van der Waals surface area (Å²) in [5, 5.41) is 10.1. The van der Waals surface area contributed by atoms with Crippen LogP contribution in [0.15, 0.2) is 47.5 Å². The van der Waals surface area contributed by atoms with Crippen molar-refractivity contribution in [1.29, 1.82) is 0 Å². The highest BCUT2D eigenvalue weighted by molar-refractivity contribution is 14.0. The van der Waals surface area contributed by atoms with Crippen molar-refractivity contribution in [2.45, 2.75) is 33.9 Å². The summed E-state index contributed by atoms with van der Waals surface area (Å²) in [6, 6.07) is 14.9. The molecule has 5 nitrogen and oxygen atoms in total. The number of nitrogens with zero attached hydrogens (tertiary/aromatic N) is 1. The Balaban J connectivity index is 0.00000392. The molecule has 0 spiro atoms. The molecule has 2 aromatic rings. The molecule has 2 rings (SSSR count). The van der Waals surface area contributed by atoms with Gasteiger partial charge in [-0.25, -0.2) is 4.99 Å². The average Bonchev–Trinajstić information content (AvgIpc) is 2.66. The minimum atomic E-state index is 0. The Kier molecular flexibility index (Phi) is 11.6. The van der Waals surface area contributed by atoms with Crippen molar-refractivity contribution in [3.8, 4) is 0 Å². The summed E-state index contributed by atoms with van der Waals surface area (Å²) < 4.78 is 5.05. The molecular weight excluding hydrogens is 463 g/mol. The molecule has 0 unspecified atom stereocenters. The first kappa shape index (κ1) is 24.2. The fraction of sp³-hybridized carbons (Fsp3) is 0.409. The Hall–Kier alpha value is -1.80. The molecule has 0 amide bonds. The second kappa shape index (κ2) is 13.4. The summed E-state index contributed by atoms with van der Waals surface area (Å²) in [5.41, 5.74) is 6.15. The molecule has 0 fully saturated rings. The Bertz CT molecular complexity index is 732. The van der Waals surface area contributed by atoms with E-state index in [1.807, 2.05) is 0 Å². The molecule has 0 aliphatic heterocycles. The first-order valence-electron chi connectivity index (χ1n) is 9.52. The number of benzene rings is 2. The predicted molar refractivity (Wildman–Crippen MR) is 130 cm³/mol. The van der Waals surface area contributed by atoms with E-state index in [9.17, 15) is 0 Å². The number of ether oxygens (including phenoxy) is 1. The van der Waals surface area contributed by atoms with Gasteiger partial charge >= 0.3 is 0 Å². The molecule has 0 aliphatic rings. The van der Waals surface area contributed by atoms with Crippen LogP contribution < -0.4 is 16.0 Å². The van der Waals surface area contributed by atoms with E-state index in [0.717, 1.165) is 31.3 Å². The smallest absolute Gasteiger partial charge is 0.191 e. The zero-order valence-electron chi connectivity index (χ0n) is 17.3. The minimum Gasteiger partial charge on any atom is -0.383 e. The van der Waals surface area contributed by atoms with Crippen LogP contribution in [0.3, 0.4) is 0 Å². The van der Waals surface area contributed by atoms with Crippen LogP contribution in [0.4, 0.5) is 5.69 Å². The van der Waals surface area contributed by atoms with Gasteiger partial charge in [0.2, 0.25) is 0 Å². The number of halogens is 1. The molecular formula is C22H33IN4O. The maximum absolute atomic E-state index is 5.05. The van der Waals surface area contributed by atoms with Crippen molar-refractivity contribution < 1.29 is 4.74 Å². The van der Waals surface area contributed by atoms with E-state index >= 15 is 0 Å². The summed E-state index contributed by atoms with van der Waals surface area (Å²) in [6.45, 7) is 10.1. The molecule has 0 aromatic heterocycles. The molecule has 0 aliphatic carbocycles. The quantitative estimate of drug-likeness (QED) is 0.211. The molecule has 0 bridgehead atoms. The van der Waals surface area contributed by atoms with Gasteiger partial charge in [-0.15, -0.1) is 24.0 Å². The van der Waals surface area contributed by atoms with Gasteiger partial charge in [0.1, 0.15) is 0 Å². The first-order chi connectivity index (χ1) is 13.1. The van der Waals surface area contributed by atoms with Crippen LogP contribution in [0.5, 0.6) is 0 Å². The summed E-state index contributed by atoms with van der Waals surface area (Å²) in [6.07, 6.45) is 0. The van der Waals surface area contributed by atoms with Crippen LogP contribution in [0.2, 0.25) is 0 Å². The molecule has 0 atom stereocenters. The fourth-order valence-corrected chi connectivity index (χ4v) is 2.76. The number of anilines is 1. The van der Waals surface area contributed by atoms with Gasteiger partial charge < -0.3 is 20.7 Å². The van der Waals surface area contributed by atoms with Crippen LogP contribution in [0, 0.1) is 13.8 Å². The number of aryl methyl sites for hydroxylation is 2. The molecule has 2 aromatic carbocycles. The van der Waals surface area contributed by atoms with Crippen molar-refractivity contribution >= 4 is 35.6 Å². The number of hydrogen-bond donors (Lipinski definition) is 3. The third kappa shape index (κ3) is 8.48.